The highest BCUT2D eigenvalue weighted by molar-refractivity contribution is 5.68. The van der Waals surface area contributed by atoms with Crippen LogP contribution in [0.1, 0.15) is 77.6 Å². The van der Waals surface area contributed by atoms with Gasteiger partial charge in [-0.05, 0) is 50.9 Å². The quantitative estimate of drug-likeness (QED) is 0.167. The van der Waals surface area contributed by atoms with Crippen LogP contribution in [0.15, 0.2) is 36.5 Å². The first kappa shape index (κ1) is 25.5. The first-order valence-electron chi connectivity index (χ1n) is 9.97. The maximum atomic E-state index is 12.0. The van der Waals surface area contributed by atoms with Crippen molar-refractivity contribution in [3.8, 4) is 0 Å². The van der Waals surface area contributed by atoms with Crippen LogP contribution in [0.5, 0.6) is 0 Å². The monoisotopic (exact) mass is 388 g/mol. The Kier molecular flexibility index (Phi) is 15.7. The van der Waals surface area contributed by atoms with Gasteiger partial charge in [0.2, 0.25) is 0 Å². The molecule has 0 spiro atoms. The lowest BCUT2D eigenvalue weighted by molar-refractivity contribution is -0.140. The van der Waals surface area contributed by atoms with Gasteiger partial charge in [-0.15, -0.1) is 0 Å². The SMILES string of the molecule is COC(=O)CCCCCC/C=C\C/C=C\[C@@H](C)/C=C\CCCCC(F)(F)F. The van der Waals surface area contributed by atoms with Crippen molar-refractivity contribution in [3.63, 3.8) is 0 Å². The molecule has 5 heteroatoms. The third kappa shape index (κ3) is 20.6. The Morgan fingerprint density at radius 3 is 2.22 bits per heavy atom. The highest BCUT2D eigenvalue weighted by atomic mass is 19.4. The van der Waals surface area contributed by atoms with Crippen LogP contribution >= 0.6 is 0 Å². The van der Waals surface area contributed by atoms with Gasteiger partial charge in [-0.1, -0.05) is 56.2 Å². The first-order valence-corrected chi connectivity index (χ1v) is 9.97. The molecule has 0 aliphatic heterocycles. The molecule has 0 aromatic heterocycles. The van der Waals surface area contributed by atoms with Gasteiger partial charge < -0.3 is 4.74 Å². The number of esters is 1. The minimum Gasteiger partial charge on any atom is -0.469 e. The lowest BCUT2D eigenvalue weighted by Crippen LogP contribution is -2.05. The Bertz CT molecular complexity index is 451. The van der Waals surface area contributed by atoms with E-state index in [1.54, 1.807) is 0 Å². The predicted molar refractivity (Wildman–Crippen MR) is 105 cm³/mol. The van der Waals surface area contributed by atoms with Crippen molar-refractivity contribution in [1.82, 2.24) is 0 Å². The van der Waals surface area contributed by atoms with E-state index in [-0.39, 0.29) is 12.4 Å². The van der Waals surface area contributed by atoms with Gasteiger partial charge in [0.25, 0.3) is 0 Å². The van der Waals surface area contributed by atoms with E-state index in [1.165, 1.54) is 7.11 Å². The summed E-state index contributed by atoms with van der Waals surface area (Å²) in [6.45, 7) is 2.07. The van der Waals surface area contributed by atoms with Crippen molar-refractivity contribution in [2.75, 3.05) is 7.11 Å². The Hall–Kier alpha value is -1.52. The van der Waals surface area contributed by atoms with Crippen LogP contribution < -0.4 is 0 Å². The number of ether oxygens (including phenoxy) is 1. The minimum atomic E-state index is -4.03. The number of halogens is 3. The smallest absolute Gasteiger partial charge is 0.389 e. The molecular weight excluding hydrogens is 353 g/mol. The Labute approximate surface area is 162 Å². The molecule has 0 fully saturated rings. The maximum absolute atomic E-state index is 12.0. The third-order valence-electron chi connectivity index (χ3n) is 4.13. The van der Waals surface area contributed by atoms with E-state index in [9.17, 15) is 18.0 Å². The molecular formula is C22H35F3O2. The molecule has 0 aliphatic rings. The van der Waals surface area contributed by atoms with Crippen LogP contribution in [-0.4, -0.2) is 19.3 Å². The van der Waals surface area contributed by atoms with Gasteiger partial charge in [-0.2, -0.15) is 13.2 Å². The van der Waals surface area contributed by atoms with Gasteiger partial charge >= 0.3 is 12.1 Å². The summed E-state index contributed by atoms with van der Waals surface area (Å²) in [7, 11) is 1.42. The van der Waals surface area contributed by atoms with Crippen LogP contribution in [-0.2, 0) is 9.53 Å². The molecule has 0 bridgehead atoms. The minimum absolute atomic E-state index is 0.132. The van der Waals surface area contributed by atoms with E-state index >= 15 is 0 Å². The topological polar surface area (TPSA) is 26.3 Å². The van der Waals surface area contributed by atoms with Crippen molar-refractivity contribution in [1.29, 1.82) is 0 Å². The summed E-state index contributed by atoms with van der Waals surface area (Å²) >= 11 is 0. The fraction of sp³-hybridized carbons (Fsp3) is 0.682. The van der Waals surface area contributed by atoms with Gasteiger partial charge in [0.1, 0.15) is 0 Å². The first-order chi connectivity index (χ1) is 12.8. The molecule has 156 valence electrons. The molecule has 0 aromatic rings. The second-order valence-corrected chi connectivity index (χ2v) is 6.81. The molecule has 0 unspecified atom stereocenters. The molecule has 1 atom stereocenters. The highest BCUT2D eigenvalue weighted by Crippen LogP contribution is 2.22. The number of hydrogen-bond acceptors (Lipinski definition) is 2. The van der Waals surface area contributed by atoms with Crippen LogP contribution in [0.2, 0.25) is 0 Å². The fourth-order valence-corrected chi connectivity index (χ4v) is 2.54. The molecule has 0 aliphatic carbocycles. The standard InChI is InChI=1S/C22H35F3O2/c1-20(17-13-10-11-15-19-22(23,24)25)16-12-8-6-4-3-5-7-9-14-18-21(26)27-2/h4,6,12-13,16-17,20H,3,5,7-11,14-15,18-19H2,1-2H3/b6-4-,16-12-,17-13-/t20-/m1/s1. The molecule has 27 heavy (non-hydrogen) atoms. The zero-order valence-electron chi connectivity index (χ0n) is 16.8. The number of alkyl halides is 3. The zero-order chi connectivity index (χ0) is 20.4. The van der Waals surface area contributed by atoms with E-state index in [0.29, 0.717) is 25.2 Å². The van der Waals surface area contributed by atoms with Gasteiger partial charge in [-0.3, -0.25) is 4.79 Å². The second-order valence-electron chi connectivity index (χ2n) is 6.81. The van der Waals surface area contributed by atoms with E-state index in [4.69, 9.17) is 0 Å². The summed E-state index contributed by atoms with van der Waals surface area (Å²) in [5.74, 6) is 0.169. The van der Waals surface area contributed by atoms with Gasteiger partial charge in [0.15, 0.2) is 0 Å². The summed E-state index contributed by atoms with van der Waals surface area (Å²) < 4.78 is 40.6. The van der Waals surface area contributed by atoms with E-state index in [2.05, 4.69) is 36.0 Å². The van der Waals surface area contributed by atoms with E-state index in [0.717, 1.165) is 38.5 Å². The van der Waals surface area contributed by atoms with Crippen LogP contribution in [0.25, 0.3) is 0 Å². The molecule has 0 aromatic carbocycles. The molecule has 2 nitrogen and oxygen atoms in total. The number of carbonyl (C=O) groups is 1. The van der Waals surface area contributed by atoms with Crippen molar-refractivity contribution < 1.29 is 22.7 Å². The molecule has 0 radical (unpaired) electrons. The fourth-order valence-electron chi connectivity index (χ4n) is 2.54. The Morgan fingerprint density at radius 1 is 0.889 bits per heavy atom. The number of allylic oxidation sites excluding steroid dienone is 6. The van der Waals surface area contributed by atoms with Crippen LogP contribution in [0.3, 0.4) is 0 Å². The maximum Gasteiger partial charge on any atom is 0.389 e. The number of carbonyl (C=O) groups excluding carboxylic acids is 1. The number of unbranched alkanes of at least 4 members (excludes halogenated alkanes) is 6. The number of hydrogen-bond donors (Lipinski definition) is 0. The normalized spacial score (nSPS) is 13.8. The van der Waals surface area contributed by atoms with Crippen molar-refractivity contribution >= 4 is 5.97 Å². The van der Waals surface area contributed by atoms with Crippen molar-refractivity contribution in [2.24, 2.45) is 5.92 Å². The molecule has 0 saturated heterocycles. The second kappa shape index (κ2) is 16.6. The average molecular weight is 389 g/mol. The summed E-state index contributed by atoms with van der Waals surface area (Å²) in [6.07, 6.45) is 16.0. The van der Waals surface area contributed by atoms with Crippen LogP contribution in [0, 0.1) is 5.92 Å². The van der Waals surface area contributed by atoms with Crippen molar-refractivity contribution in [3.05, 3.63) is 36.5 Å². The van der Waals surface area contributed by atoms with Crippen LogP contribution in [0.4, 0.5) is 13.2 Å². The average Bonchev–Trinajstić information content (AvgIpc) is 2.61. The summed E-state index contributed by atoms with van der Waals surface area (Å²) in [5.41, 5.74) is 0. The van der Waals surface area contributed by atoms with E-state index < -0.39 is 12.6 Å². The van der Waals surface area contributed by atoms with E-state index in [1.807, 2.05) is 12.2 Å². The predicted octanol–water partition coefficient (Wildman–Crippen LogP) is 7.32. The number of rotatable bonds is 15. The Morgan fingerprint density at radius 2 is 1.52 bits per heavy atom. The molecule has 0 heterocycles. The van der Waals surface area contributed by atoms with Crippen molar-refractivity contribution in [2.45, 2.75) is 83.7 Å². The molecule has 0 saturated carbocycles. The lowest BCUT2D eigenvalue weighted by atomic mass is 10.1. The number of methoxy groups -OCH3 is 1. The zero-order valence-corrected chi connectivity index (χ0v) is 16.8. The summed E-state index contributed by atoms with van der Waals surface area (Å²) in [4.78, 5) is 10.9. The lowest BCUT2D eigenvalue weighted by Gasteiger charge is -2.04. The molecule has 0 rings (SSSR count). The molecule has 0 amide bonds. The summed E-state index contributed by atoms with van der Waals surface area (Å²) in [5, 5.41) is 0. The summed E-state index contributed by atoms with van der Waals surface area (Å²) in [6, 6.07) is 0. The Balaban J connectivity index is 3.56. The highest BCUT2D eigenvalue weighted by Gasteiger charge is 2.25. The van der Waals surface area contributed by atoms with Gasteiger partial charge in [0.05, 0.1) is 7.11 Å². The third-order valence-corrected chi connectivity index (χ3v) is 4.13. The molecule has 0 N–H and O–H groups in total. The largest absolute Gasteiger partial charge is 0.469 e. The van der Waals surface area contributed by atoms with Gasteiger partial charge in [0, 0.05) is 12.8 Å². The van der Waals surface area contributed by atoms with Gasteiger partial charge in [-0.25, -0.2) is 0 Å².